The molecule has 7 N–H and O–H groups in total. The zero-order chi connectivity index (χ0) is 77.5. The van der Waals surface area contributed by atoms with Crippen molar-refractivity contribution in [1.82, 2.24) is 36.8 Å². The number of carbonyl (C=O) groups excluding carboxylic acids is 1. The van der Waals surface area contributed by atoms with E-state index in [4.69, 9.17) is 36.1 Å². The number of anilines is 4. The van der Waals surface area contributed by atoms with Gasteiger partial charge in [0.25, 0.3) is 0 Å². The quantitative estimate of drug-likeness (QED) is 0.0491. The van der Waals surface area contributed by atoms with Crippen LogP contribution in [0.2, 0.25) is 0 Å². The lowest BCUT2D eigenvalue weighted by Crippen LogP contribution is -2.48. The number of fused-ring (bicyclic) bond motifs is 2. The first-order valence-corrected chi connectivity index (χ1v) is 41.4. The fraction of sp³-hybridized carbons (Fsp3) is 0.355. The smallest absolute Gasteiger partial charge is 0.249 e. The van der Waals surface area contributed by atoms with Gasteiger partial charge in [0.2, 0.25) is 46.0 Å². The van der Waals surface area contributed by atoms with Crippen LogP contribution in [0.1, 0.15) is 42.0 Å². The number of rotatable bonds is 17. The lowest BCUT2D eigenvalue weighted by molar-refractivity contribution is -0.114. The van der Waals surface area contributed by atoms with E-state index in [9.17, 15) is 56.0 Å². The van der Waals surface area contributed by atoms with Crippen molar-refractivity contribution < 1.29 is 75.0 Å². The van der Waals surface area contributed by atoms with E-state index in [2.05, 4.69) is 24.9 Å². The average molecular weight is 1580 g/mol. The van der Waals surface area contributed by atoms with Crippen molar-refractivity contribution >= 4 is 68.7 Å². The van der Waals surface area contributed by atoms with Crippen LogP contribution in [0, 0.1) is 23.3 Å². The second-order valence-electron chi connectivity index (χ2n) is 26.7. The van der Waals surface area contributed by atoms with E-state index in [0.717, 1.165) is 129 Å². The summed E-state index contributed by atoms with van der Waals surface area (Å²) in [5.74, 6) is -1.30. The SMILES string of the molecule is CC(=O)Nc1ccc(CN2CCN(S(=O)(=O)c3c(F)cccc3F)CC2)cc1.Nc1ccc(CN2CCN(S(=O)(=O)c3c(F)cccc3F)CC2)cc1.Nc1ccc(S(=O)(=O)N2CCCN(Cc3ccc4c(c3)OCCO4)CC2)cc1.Nc1cccc(S(=O)(=O)N2CCCN(Cc3ccc4c(c3)OCCO4)CC2)c1. The van der Waals surface area contributed by atoms with Crippen molar-refractivity contribution in [3.63, 3.8) is 0 Å². The summed E-state index contributed by atoms with van der Waals surface area (Å²) in [6.07, 6.45) is 1.57. The van der Waals surface area contributed by atoms with E-state index < -0.39 is 73.2 Å². The molecule has 4 fully saturated rings. The van der Waals surface area contributed by atoms with Crippen LogP contribution in [0.5, 0.6) is 23.0 Å². The maximum atomic E-state index is 13.9. The molecule has 8 aromatic rings. The molecule has 25 nitrogen and oxygen atoms in total. The Labute approximate surface area is 634 Å². The van der Waals surface area contributed by atoms with Gasteiger partial charge in [-0.05, 0) is 163 Å². The van der Waals surface area contributed by atoms with E-state index in [1.807, 2.05) is 72.8 Å². The summed E-state index contributed by atoms with van der Waals surface area (Å²) in [7, 11) is -15.4. The van der Waals surface area contributed by atoms with Crippen LogP contribution in [0.3, 0.4) is 0 Å². The number of nitrogen functional groups attached to an aromatic ring is 3. The maximum Gasteiger partial charge on any atom is 0.249 e. The molecular formula is C76H90F4N12O13S4. The molecule has 0 saturated carbocycles. The van der Waals surface area contributed by atoms with Gasteiger partial charge in [-0.25, -0.2) is 51.2 Å². The summed E-state index contributed by atoms with van der Waals surface area (Å²) in [6.45, 7) is 14.1. The molecule has 0 bridgehead atoms. The number of piperazine rings is 2. The Bertz CT molecular complexity index is 4880. The predicted octanol–water partition coefficient (Wildman–Crippen LogP) is 8.36. The van der Waals surface area contributed by atoms with Gasteiger partial charge in [0, 0.05) is 147 Å². The highest BCUT2D eigenvalue weighted by atomic mass is 32.2. The Balaban J connectivity index is 0.000000145. The lowest BCUT2D eigenvalue weighted by atomic mass is 10.1. The number of nitrogens with two attached hydrogens (primary N) is 3. The third-order valence-electron chi connectivity index (χ3n) is 18.9. The molecule has 6 aliphatic heterocycles. The summed E-state index contributed by atoms with van der Waals surface area (Å²) < 4.78 is 185. The number of benzene rings is 8. The van der Waals surface area contributed by atoms with Gasteiger partial charge in [0.05, 0.1) is 9.79 Å². The van der Waals surface area contributed by atoms with E-state index in [0.29, 0.717) is 133 Å². The van der Waals surface area contributed by atoms with Crippen LogP contribution in [0.15, 0.2) is 189 Å². The largest absolute Gasteiger partial charge is 0.486 e. The van der Waals surface area contributed by atoms with Crippen LogP contribution < -0.4 is 41.5 Å². The van der Waals surface area contributed by atoms with Gasteiger partial charge < -0.3 is 41.5 Å². The fourth-order valence-electron chi connectivity index (χ4n) is 13.2. The zero-order valence-electron chi connectivity index (χ0n) is 60.3. The molecule has 109 heavy (non-hydrogen) atoms. The monoisotopic (exact) mass is 1580 g/mol. The first-order chi connectivity index (χ1) is 52.2. The first kappa shape index (κ1) is 81.0. The highest BCUT2D eigenvalue weighted by molar-refractivity contribution is 7.90. The van der Waals surface area contributed by atoms with Crippen molar-refractivity contribution in [2.75, 3.05) is 154 Å². The molecule has 0 aromatic heterocycles. The number of carbonyl (C=O) groups is 1. The Morgan fingerprint density at radius 3 is 1.07 bits per heavy atom. The average Bonchev–Trinajstić information content (AvgIpc) is 1.29. The number of nitrogens with zero attached hydrogens (tertiary/aromatic N) is 8. The zero-order valence-corrected chi connectivity index (χ0v) is 63.6. The number of ether oxygens (including phenoxy) is 4. The summed E-state index contributed by atoms with van der Waals surface area (Å²) >= 11 is 0. The van der Waals surface area contributed by atoms with Gasteiger partial charge in [-0.1, -0.05) is 54.6 Å². The maximum absolute atomic E-state index is 13.9. The molecule has 0 radical (unpaired) electrons. The Hall–Kier alpha value is -8.97. The van der Waals surface area contributed by atoms with Gasteiger partial charge >= 0.3 is 0 Å². The number of nitrogens with one attached hydrogen (secondary N) is 1. The van der Waals surface area contributed by atoms with Crippen LogP contribution in [0.25, 0.3) is 0 Å². The summed E-state index contributed by atoms with van der Waals surface area (Å²) in [5.41, 5.74) is 23.9. The molecular weight excluding hydrogens is 1490 g/mol. The fourth-order valence-corrected chi connectivity index (χ4v) is 19.3. The van der Waals surface area contributed by atoms with E-state index in [1.54, 1.807) is 63.2 Å². The Morgan fingerprint density at radius 2 is 0.679 bits per heavy atom. The molecule has 0 spiro atoms. The van der Waals surface area contributed by atoms with E-state index in [-0.39, 0.29) is 37.0 Å². The minimum atomic E-state index is -4.22. The summed E-state index contributed by atoms with van der Waals surface area (Å²) in [6, 6.07) is 45.8. The summed E-state index contributed by atoms with van der Waals surface area (Å²) in [5, 5.41) is 2.70. The highest BCUT2D eigenvalue weighted by Gasteiger charge is 2.36. The van der Waals surface area contributed by atoms with Crippen LogP contribution in [-0.2, 0) is 71.1 Å². The molecule has 4 saturated heterocycles. The molecule has 0 unspecified atom stereocenters. The highest BCUT2D eigenvalue weighted by Crippen LogP contribution is 2.34. The van der Waals surface area contributed by atoms with Crippen molar-refractivity contribution in [1.29, 1.82) is 0 Å². The van der Waals surface area contributed by atoms with E-state index >= 15 is 0 Å². The van der Waals surface area contributed by atoms with Gasteiger partial charge in [-0.3, -0.25) is 24.4 Å². The number of halogens is 4. The minimum absolute atomic E-state index is 0.142. The molecule has 8 aromatic carbocycles. The van der Waals surface area contributed by atoms with Gasteiger partial charge in [0.15, 0.2) is 32.8 Å². The summed E-state index contributed by atoms with van der Waals surface area (Å²) in [4.78, 5) is 18.6. The third kappa shape index (κ3) is 21.3. The number of sulfonamides is 4. The molecule has 0 atom stereocenters. The van der Waals surface area contributed by atoms with Crippen LogP contribution >= 0.6 is 0 Å². The predicted molar refractivity (Wildman–Crippen MR) is 406 cm³/mol. The molecule has 14 rings (SSSR count). The van der Waals surface area contributed by atoms with Gasteiger partial charge in [0.1, 0.15) is 49.7 Å². The standard InChI is InChI=1S/2C20H25N3O4S.C19H21F2N3O3S.C17H19F2N3O2S/c21-17-3-5-18(6-4-17)28(24,25)23-9-1-8-22(10-11-23)15-16-2-7-19-20(14-16)27-13-12-26-19;21-17-3-1-4-18(14-17)28(24,25)23-8-2-7-22(9-10-23)15-16-5-6-19-20(13-16)27-12-11-26-19;1-14(25)22-16-7-5-15(6-8-16)13-23-9-11-24(12-10-23)28(26,27)19-17(20)3-2-4-18(19)21;18-15-2-1-3-16(19)17(15)25(23,24)22-10-8-21(9-11-22)12-13-4-6-14(20)7-5-13/h2-7,14H,1,8-13,15,21H2;1,3-6,13-14H,2,7-12,15,21H2;2-8H,9-13H2,1H3,(H,22,25);1-7H,8-12,20H2. The number of hydrogen-bond donors (Lipinski definition) is 4. The topological polar surface area (TPSA) is 307 Å². The number of hydrogen-bond acceptors (Lipinski definition) is 20. The molecule has 6 aliphatic rings. The molecule has 584 valence electrons. The van der Waals surface area contributed by atoms with Crippen molar-refractivity contribution in [3.8, 4) is 23.0 Å². The molecule has 1 amide bonds. The second-order valence-corrected chi connectivity index (χ2v) is 34.4. The van der Waals surface area contributed by atoms with E-state index in [1.165, 1.54) is 13.0 Å². The van der Waals surface area contributed by atoms with Crippen LogP contribution in [-0.4, -0.2) is 208 Å². The Kier molecular flexibility index (Phi) is 27.3. The van der Waals surface area contributed by atoms with Gasteiger partial charge in [-0.15, -0.1) is 0 Å². The van der Waals surface area contributed by atoms with Crippen LogP contribution in [0.4, 0.5) is 40.3 Å². The second kappa shape index (κ2) is 36.7. The molecule has 6 heterocycles. The third-order valence-corrected chi connectivity index (χ3v) is 26.6. The van der Waals surface area contributed by atoms with Gasteiger partial charge in [-0.2, -0.15) is 17.2 Å². The number of amides is 1. The molecule has 0 aliphatic carbocycles. The van der Waals surface area contributed by atoms with Crippen molar-refractivity contribution in [3.05, 3.63) is 215 Å². The van der Waals surface area contributed by atoms with Crippen molar-refractivity contribution in [2.24, 2.45) is 0 Å². The molecule has 33 heteroatoms. The Morgan fingerprint density at radius 1 is 0.349 bits per heavy atom. The minimum Gasteiger partial charge on any atom is -0.486 e. The first-order valence-electron chi connectivity index (χ1n) is 35.7. The normalized spacial score (nSPS) is 17.6. The lowest BCUT2D eigenvalue weighted by Gasteiger charge is -2.34. The van der Waals surface area contributed by atoms with Crippen molar-refractivity contribution in [2.45, 2.75) is 65.5 Å².